The van der Waals surface area contributed by atoms with E-state index in [2.05, 4.69) is 0 Å². The van der Waals surface area contributed by atoms with Crippen molar-refractivity contribution >= 4 is 22.4 Å². The van der Waals surface area contributed by atoms with Crippen LogP contribution >= 0.6 is 12.4 Å². The summed E-state index contributed by atoms with van der Waals surface area (Å²) < 4.78 is 29.6. The van der Waals surface area contributed by atoms with Gasteiger partial charge in [-0.05, 0) is 19.1 Å². The molecule has 1 heterocycles. The summed E-state index contributed by atoms with van der Waals surface area (Å²) in [6, 6.07) is 2.70. The summed E-state index contributed by atoms with van der Waals surface area (Å²) in [4.78, 5) is 0. The number of furan rings is 1. The number of hydrogen-bond donors (Lipinski definition) is 1. The first-order valence-electron chi connectivity index (χ1n) is 4.21. The molecule has 0 radical (unpaired) electrons. The van der Waals surface area contributed by atoms with Crippen molar-refractivity contribution < 1.29 is 12.8 Å². The molecule has 0 fully saturated rings. The first kappa shape index (κ1) is 14.4. The van der Waals surface area contributed by atoms with Crippen LogP contribution in [0.1, 0.15) is 6.92 Å². The van der Waals surface area contributed by atoms with Gasteiger partial charge in [0, 0.05) is 19.6 Å². The third-order valence-corrected chi connectivity index (χ3v) is 3.95. The molecule has 0 saturated heterocycles. The summed E-state index contributed by atoms with van der Waals surface area (Å²) in [5, 5.41) is -0.0553. The molecule has 15 heavy (non-hydrogen) atoms. The molecule has 0 aliphatic heterocycles. The maximum atomic E-state index is 11.8. The molecule has 7 heteroatoms. The van der Waals surface area contributed by atoms with Gasteiger partial charge in [-0.15, -0.1) is 12.4 Å². The van der Waals surface area contributed by atoms with Crippen LogP contribution < -0.4 is 5.73 Å². The van der Waals surface area contributed by atoms with Gasteiger partial charge >= 0.3 is 0 Å². The van der Waals surface area contributed by atoms with E-state index in [0.29, 0.717) is 0 Å². The fraction of sp³-hybridized carbons (Fsp3) is 0.500. The Morgan fingerprint density at radius 3 is 2.60 bits per heavy atom. The molecule has 88 valence electrons. The minimum Gasteiger partial charge on any atom is -0.452 e. The second-order valence-corrected chi connectivity index (χ2v) is 4.97. The summed E-state index contributed by atoms with van der Waals surface area (Å²) in [5.41, 5.74) is 5.39. The van der Waals surface area contributed by atoms with Crippen LogP contribution in [-0.4, -0.2) is 32.4 Å². The number of nitrogens with zero attached hydrogens (tertiary/aromatic N) is 1. The van der Waals surface area contributed by atoms with E-state index >= 15 is 0 Å². The van der Waals surface area contributed by atoms with Crippen LogP contribution in [0.15, 0.2) is 27.9 Å². The highest BCUT2D eigenvalue weighted by Crippen LogP contribution is 2.15. The second-order valence-electron chi connectivity index (χ2n) is 3.04. The molecule has 0 saturated carbocycles. The van der Waals surface area contributed by atoms with Gasteiger partial charge < -0.3 is 10.2 Å². The summed E-state index contributed by atoms with van der Waals surface area (Å²) in [5.74, 6) is 0. The van der Waals surface area contributed by atoms with E-state index in [9.17, 15) is 8.42 Å². The van der Waals surface area contributed by atoms with E-state index in [1.807, 2.05) is 0 Å². The van der Waals surface area contributed by atoms with Gasteiger partial charge in [0.15, 0.2) is 0 Å². The molecule has 5 nitrogen and oxygen atoms in total. The van der Waals surface area contributed by atoms with Crippen molar-refractivity contribution in [2.75, 3.05) is 13.6 Å². The molecule has 1 unspecified atom stereocenters. The van der Waals surface area contributed by atoms with Gasteiger partial charge in [0.2, 0.25) is 5.09 Å². The van der Waals surface area contributed by atoms with Crippen LogP contribution in [-0.2, 0) is 10.0 Å². The highest BCUT2D eigenvalue weighted by atomic mass is 35.5. The summed E-state index contributed by atoms with van der Waals surface area (Å²) in [7, 11) is -2.04. The van der Waals surface area contributed by atoms with Crippen molar-refractivity contribution in [3.8, 4) is 0 Å². The molecule has 0 spiro atoms. The Morgan fingerprint density at radius 2 is 2.20 bits per heavy atom. The standard InChI is InChI=1S/C8H14N2O3S.ClH/c1-7(6-9)10(2)14(11,12)8-4-3-5-13-8;/h3-5,7H,6,9H2,1-2H3;1H. The van der Waals surface area contributed by atoms with Gasteiger partial charge in [-0.25, -0.2) is 8.42 Å². The predicted molar refractivity (Wildman–Crippen MR) is 59.4 cm³/mol. The fourth-order valence-electron chi connectivity index (χ4n) is 0.938. The number of hydrogen-bond acceptors (Lipinski definition) is 4. The van der Waals surface area contributed by atoms with Gasteiger partial charge in [0.1, 0.15) is 0 Å². The van der Waals surface area contributed by atoms with Crippen molar-refractivity contribution in [2.24, 2.45) is 5.73 Å². The maximum Gasteiger partial charge on any atom is 0.276 e. The maximum absolute atomic E-state index is 11.8. The van der Waals surface area contributed by atoms with Crippen molar-refractivity contribution in [2.45, 2.75) is 18.1 Å². The second kappa shape index (κ2) is 5.50. The lowest BCUT2D eigenvalue weighted by molar-refractivity contribution is 0.368. The van der Waals surface area contributed by atoms with Gasteiger partial charge in [0.05, 0.1) is 6.26 Å². The topological polar surface area (TPSA) is 76.5 Å². The zero-order valence-electron chi connectivity index (χ0n) is 8.58. The number of halogens is 1. The van der Waals surface area contributed by atoms with Crippen molar-refractivity contribution in [1.82, 2.24) is 4.31 Å². The normalized spacial score (nSPS) is 13.6. The first-order chi connectivity index (χ1) is 6.50. The Morgan fingerprint density at radius 1 is 1.60 bits per heavy atom. The van der Waals surface area contributed by atoms with Gasteiger partial charge in [-0.1, -0.05) is 0 Å². The minimum absolute atomic E-state index is 0. The zero-order valence-corrected chi connectivity index (χ0v) is 10.2. The van der Waals surface area contributed by atoms with Crippen molar-refractivity contribution in [1.29, 1.82) is 0 Å². The van der Waals surface area contributed by atoms with Crippen LogP contribution in [0.25, 0.3) is 0 Å². The third kappa shape index (κ3) is 2.94. The monoisotopic (exact) mass is 254 g/mol. The number of nitrogens with two attached hydrogens (primary N) is 1. The largest absolute Gasteiger partial charge is 0.452 e. The van der Waals surface area contributed by atoms with E-state index in [4.69, 9.17) is 10.2 Å². The van der Waals surface area contributed by atoms with E-state index in [0.717, 1.165) is 0 Å². The SMILES string of the molecule is CC(CN)N(C)S(=O)(=O)c1ccco1.Cl. The summed E-state index contributed by atoms with van der Waals surface area (Å²) in [6.07, 6.45) is 1.33. The van der Waals surface area contributed by atoms with Gasteiger partial charge in [-0.3, -0.25) is 0 Å². The molecule has 0 amide bonds. The van der Waals surface area contributed by atoms with E-state index in [1.165, 1.54) is 29.7 Å². The van der Waals surface area contributed by atoms with Crippen LogP contribution in [0.5, 0.6) is 0 Å². The van der Waals surface area contributed by atoms with Gasteiger partial charge in [-0.2, -0.15) is 4.31 Å². The molecule has 1 aromatic rings. The Balaban J connectivity index is 0.00000196. The van der Waals surface area contributed by atoms with Gasteiger partial charge in [0.25, 0.3) is 10.0 Å². The van der Waals surface area contributed by atoms with Crippen LogP contribution in [0.2, 0.25) is 0 Å². The molecule has 2 N–H and O–H groups in total. The third-order valence-electron chi connectivity index (χ3n) is 2.09. The molecule has 0 bridgehead atoms. The zero-order chi connectivity index (χ0) is 10.8. The Kier molecular flexibility index (Phi) is 5.30. The molecule has 0 aliphatic rings. The van der Waals surface area contributed by atoms with E-state index in [1.54, 1.807) is 6.92 Å². The summed E-state index contributed by atoms with van der Waals surface area (Å²) in [6.45, 7) is 2.01. The van der Waals surface area contributed by atoms with E-state index < -0.39 is 10.0 Å². The highest BCUT2D eigenvalue weighted by molar-refractivity contribution is 7.89. The average Bonchev–Trinajstić information content (AvgIpc) is 2.68. The molecule has 0 aliphatic carbocycles. The lowest BCUT2D eigenvalue weighted by Crippen LogP contribution is -2.39. The average molecular weight is 255 g/mol. The minimum atomic E-state index is -3.52. The molecule has 0 aromatic carbocycles. The van der Waals surface area contributed by atoms with Crippen molar-refractivity contribution in [3.63, 3.8) is 0 Å². The van der Waals surface area contributed by atoms with Crippen LogP contribution in [0, 0.1) is 0 Å². The highest BCUT2D eigenvalue weighted by Gasteiger charge is 2.26. The summed E-state index contributed by atoms with van der Waals surface area (Å²) >= 11 is 0. The predicted octanol–water partition coefficient (Wildman–Crippen LogP) is 0.669. The molecule has 1 rings (SSSR count). The lowest BCUT2D eigenvalue weighted by Gasteiger charge is -2.21. The molecule has 1 atom stereocenters. The number of rotatable bonds is 4. The molecular weight excluding hydrogens is 240 g/mol. The molecule has 1 aromatic heterocycles. The lowest BCUT2D eigenvalue weighted by atomic mass is 10.4. The Hall–Kier alpha value is -0.560. The smallest absolute Gasteiger partial charge is 0.276 e. The number of likely N-dealkylation sites (N-methyl/N-ethyl adjacent to an activating group) is 1. The van der Waals surface area contributed by atoms with Crippen LogP contribution in [0.3, 0.4) is 0 Å². The quantitative estimate of drug-likeness (QED) is 0.857. The van der Waals surface area contributed by atoms with E-state index in [-0.39, 0.29) is 30.1 Å². The number of sulfonamides is 1. The molecular formula is C8H15ClN2O3S. The Labute approximate surface area is 95.7 Å². The first-order valence-corrected chi connectivity index (χ1v) is 5.65. The fourth-order valence-corrected chi connectivity index (χ4v) is 2.21. The van der Waals surface area contributed by atoms with Crippen LogP contribution in [0.4, 0.5) is 0 Å². The van der Waals surface area contributed by atoms with Crippen molar-refractivity contribution in [3.05, 3.63) is 18.4 Å². The Bertz CT molecular complexity index is 377.